The molecule has 0 radical (unpaired) electrons. The van der Waals surface area contributed by atoms with E-state index in [9.17, 15) is 0 Å². The van der Waals surface area contributed by atoms with Gasteiger partial charge in [0.1, 0.15) is 0 Å². The van der Waals surface area contributed by atoms with Gasteiger partial charge in [-0.3, -0.25) is 0 Å². The highest BCUT2D eigenvalue weighted by molar-refractivity contribution is 7.70. The van der Waals surface area contributed by atoms with Crippen molar-refractivity contribution >= 4 is 40.2 Å². The first-order valence-corrected chi connectivity index (χ1v) is 24.7. The van der Waals surface area contributed by atoms with Crippen molar-refractivity contribution in [2.24, 2.45) is 0 Å². The topological polar surface area (TPSA) is 0 Å². The van der Waals surface area contributed by atoms with Crippen molar-refractivity contribution in [3.8, 4) is 0 Å². The molecule has 0 saturated heterocycles. The quantitative estimate of drug-likeness (QED) is 0.395. The van der Waals surface area contributed by atoms with Crippen LogP contribution in [0.2, 0.25) is 78.6 Å². The zero-order valence-electron chi connectivity index (χ0n) is 16.7. The average Bonchev–Trinajstić information content (AvgIpc) is 1.88. The lowest BCUT2D eigenvalue weighted by molar-refractivity contribution is 1.38. The fourth-order valence-corrected chi connectivity index (χ4v) is 52.5. The van der Waals surface area contributed by atoms with Crippen molar-refractivity contribution in [1.82, 2.24) is 0 Å². The Hall–Kier alpha value is 1.30. The lowest BCUT2D eigenvalue weighted by Crippen LogP contribution is -2.60. The third-order valence-electron chi connectivity index (χ3n) is 4.37. The lowest BCUT2D eigenvalue weighted by atomic mass is 11.7. The second-order valence-corrected chi connectivity index (χ2v) is 38.4. The van der Waals surface area contributed by atoms with Gasteiger partial charge in [0.05, 0.1) is 32.3 Å². The molecule has 0 spiro atoms. The largest absolute Gasteiger partial charge is 0.0880 e. The van der Waals surface area contributed by atoms with E-state index >= 15 is 0 Å². The highest BCUT2D eigenvalue weighted by atomic mass is 31.1. The Bertz CT molecular complexity index is 255. The first-order chi connectivity index (χ1) is 8.40. The summed E-state index contributed by atoms with van der Waals surface area (Å²) in [5, 5.41) is 0. The molecule has 0 aliphatic heterocycles. The van der Waals surface area contributed by atoms with E-state index in [1.165, 1.54) is 0 Å². The summed E-state index contributed by atoms with van der Waals surface area (Å²) < 4.78 is 0. The molecule has 0 unspecified atom stereocenters. The standard InChI is InChI=1S/C15H41PSi4/c1-16(14(17(2,3)4)18(5,6)7)15(19(8,9)10)20(11,12)13/h14-15H,1-13H3/p+1. The van der Waals surface area contributed by atoms with Gasteiger partial charge in [-0.2, -0.15) is 0 Å². The van der Waals surface area contributed by atoms with Gasteiger partial charge in [0.15, 0.2) is 0 Å². The van der Waals surface area contributed by atoms with Crippen molar-refractivity contribution in [2.45, 2.75) is 88.4 Å². The van der Waals surface area contributed by atoms with E-state index in [0.717, 1.165) is 9.81 Å². The van der Waals surface area contributed by atoms with Crippen LogP contribution in [0.1, 0.15) is 0 Å². The minimum absolute atomic E-state index is 0.249. The van der Waals surface area contributed by atoms with Gasteiger partial charge in [-0.05, 0) is 7.92 Å². The fraction of sp³-hybridized carbons (Fsp3) is 1.00. The molecule has 20 heavy (non-hydrogen) atoms. The van der Waals surface area contributed by atoms with Crippen LogP contribution in [0.15, 0.2) is 0 Å². The van der Waals surface area contributed by atoms with Crippen molar-refractivity contribution in [1.29, 1.82) is 0 Å². The van der Waals surface area contributed by atoms with Crippen molar-refractivity contribution in [2.75, 3.05) is 6.66 Å². The molecule has 0 bridgehead atoms. The summed E-state index contributed by atoms with van der Waals surface area (Å²) in [6.45, 7) is 34.5. The first kappa shape index (κ1) is 21.3. The Morgan fingerprint density at radius 2 is 0.600 bits per heavy atom. The Morgan fingerprint density at radius 3 is 0.700 bits per heavy atom. The fourth-order valence-electron chi connectivity index (χ4n) is 5.50. The Kier molecular flexibility index (Phi) is 6.84. The maximum absolute atomic E-state index is 2.74. The minimum Gasteiger partial charge on any atom is -0.0664 e. The highest BCUT2D eigenvalue weighted by Crippen LogP contribution is 2.55. The summed E-state index contributed by atoms with van der Waals surface area (Å²) in [5.41, 5.74) is 0. The molecule has 0 N–H and O–H groups in total. The monoisotopic (exact) mass is 365 g/mol. The number of rotatable bonds is 6. The van der Waals surface area contributed by atoms with Crippen LogP contribution in [0.4, 0.5) is 0 Å². The molecule has 0 aromatic heterocycles. The Balaban J connectivity index is 5.81. The number of hydrogen-bond acceptors (Lipinski definition) is 0. The molecule has 0 aromatic rings. The molecule has 0 aliphatic carbocycles. The van der Waals surface area contributed by atoms with Crippen LogP contribution in [-0.4, -0.2) is 48.8 Å². The van der Waals surface area contributed by atoms with Gasteiger partial charge in [-0.15, -0.1) is 0 Å². The van der Waals surface area contributed by atoms with E-state index in [-0.39, 0.29) is 7.92 Å². The first-order valence-electron chi connectivity index (χ1n) is 8.23. The average molecular weight is 366 g/mol. The van der Waals surface area contributed by atoms with Gasteiger partial charge in [0.25, 0.3) is 0 Å². The molecule has 0 heterocycles. The lowest BCUT2D eigenvalue weighted by Gasteiger charge is -2.46. The number of hydrogen-bond donors (Lipinski definition) is 0. The second-order valence-electron chi connectivity index (χ2n) is 11.1. The predicted octanol–water partition coefficient (Wildman–Crippen LogP) is 6.08. The molecule has 5 heteroatoms. The summed E-state index contributed by atoms with van der Waals surface area (Å²) in [6.07, 6.45) is 0. The normalized spacial score (nSPS) is 15.6. The molecule has 122 valence electrons. The van der Waals surface area contributed by atoms with Crippen LogP contribution in [0.5, 0.6) is 0 Å². The van der Waals surface area contributed by atoms with Gasteiger partial charge in [-0.25, -0.2) is 0 Å². The maximum atomic E-state index is 2.74. The predicted molar refractivity (Wildman–Crippen MR) is 115 cm³/mol. The summed E-state index contributed by atoms with van der Waals surface area (Å²) in [4.78, 5) is 2.31. The molecular weight excluding hydrogens is 323 g/mol. The van der Waals surface area contributed by atoms with E-state index in [1.54, 1.807) is 0 Å². The van der Waals surface area contributed by atoms with E-state index < -0.39 is 32.3 Å². The molecule has 0 rings (SSSR count). The van der Waals surface area contributed by atoms with Crippen molar-refractivity contribution < 1.29 is 0 Å². The molecule has 0 saturated carbocycles. The van der Waals surface area contributed by atoms with Crippen LogP contribution in [-0.2, 0) is 0 Å². The van der Waals surface area contributed by atoms with Gasteiger partial charge >= 0.3 is 0 Å². The summed E-state index contributed by atoms with van der Waals surface area (Å²) in [7, 11) is -4.47. The Labute approximate surface area is 135 Å². The smallest absolute Gasteiger partial charge is 0.0664 e. The summed E-state index contributed by atoms with van der Waals surface area (Å²) >= 11 is 0. The van der Waals surface area contributed by atoms with Gasteiger partial charge < -0.3 is 0 Å². The molecule has 0 aromatic carbocycles. The zero-order chi connectivity index (χ0) is 16.7. The molecule has 0 nitrogen and oxygen atoms in total. The van der Waals surface area contributed by atoms with E-state index in [1.807, 2.05) is 0 Å². The SMILES string of the molecule is C[PH+](C([Si](C)(C)C)[Si](C)(C)C)C([Si](C)(C)C)[Si](C)(C)C. The van der Waals surface area contributed by atoms with Crippen LogP contribution in [0, 0.1) is 0 Å². The molecule has 0 fully saturated rings. The van der Waals surface area contributed by atoms with Gasteiger partial charge in [0.2, 0.25) is 0 Å². The molecule has 0 aliphatic rings. The highest BCUT2D eigenvalue weighted by Gasteiger charge is 2.54. The minimum atomic E-state index is -1.05. The summed E-state index contributed by atoms with van der Waals surface area (Å²) in [5.74, 6) is 0. The third kappa shape index (κ3) is 5.83. The van der Waals surface area contributed by atoms with Gasteiger partial charge in [0, 0.05) is 16.5 Å². The van der Waals surface area contributed by atoms with E-state index in [2.05, 4.69) is 85.2 Å². The molecule has 0 amide bonds. The van der Waals surface area contributed by atoms with Crippen LogP contribution in [0.3, 0.4) is 0 Å². The molecule has 0 atom stereocenters. The van der Waals surface area contributed by atoms with Crippen LogP contribution < -0.4 is 0 Å². The third-order valence-corrected chi connectivity index (χ3v) is 39.4. The Morgan fingerprint density at radius 1 is 0.450 bits per heavy atom. The zero-order valence-corrected chi connectivity index (χ0v) is 21.7. The summed E-state index contributed by atoms with van der Waals surface area (Å²) in [6, 6.07) is 0. The maximum Gasteiger partial charge on any atom is 0.0880 e. The van der Waals surface area contributed by atoms with Crippen molar-refractivity contribution in [3.63, 3.8) is 0 Å². The van der Waals surface area contributed by atoms with Gasteiger partial charge in [-0.1, -0.05) is 78.6 Å². The van der Waals surface area contributed by atoms with Crippen LogP contribution >= 0.6 is 7.92 Å². The second kappa shape index (κ2) is 6.43. The van der Waals surface area contributed by atoms with Crippen molar-refractivity contribution in [3.05, 3.63) is 0 Å². The van der Waals surface area contributed by atoms with Crippen LogP contribution in [0.25, 0.3) is 0 Å². The van der Waals surface area contributed by atoms with E-state index in [4.69, 9.17) is 0 Å². The molecular formula is C15H42PSi4+. The van der Waals surface area contributed by atoms with E-state index in [0.29, 0.717) is 0 Å².